The first-order chi connectivity index (χ1) is 8.10. The fourth-order valence-electron chi connectivity index (χ4n) is 1.48. The first-order valence-electron chi connectivity index (χ1n) is 6.16. The van der Waals surface area contributed by atoms with E-state index in [1.54, 1.807) is 0 Å². The smallest absolute Gasteiger partial charge is 0.329 e. The highest BCUT2D eigenvalue weighted by Gasteiger charge is 2.08. The highest BCUT2D eigenvalue weighted by Crippen LogP contribution is 2.10. The SMILES string of the molecule is CCCC[C@@H](CC)CNC(=O)COCC(=O)O. The van der Waals surface area contributed by atoms with Gasteiger partial charge < -0.3 is 15.2 Å². The lowest BCUT2D eigenvalue weighted by molar-refractivity contribution is -0.143. The summed E-state index contributed by atoms with van der Waals surface area (Å²) in [5, 5.41) is 11.1. The highest BCUT2D eigenvalue weighted by molar-refractivity contribution is 5.77. The van der Waals surface area contributed by atoms with E-state index in [-0.39, 0.29) is 12.5 Å². The molecule has 0 spiro atoms. The minimum atomic E-state index is -1.06. The van der Waals surface area contributed by atoms with Crippen LogP contribution in [-0.2, 0) is 14.3 Å². The lowest BCUT2D eigenvalue weighted by Gasteiger charge is -2.15. The van der Waals surface area contributed by atoms with Crippen molar-refractivity contribution in [2.75, 3.05) is 19.8 Å². The number of carboxylic acid groups (broad SMARTS) is 1. The van der Waals surface area contributed by atoms with E-state index in [0.29, 0.717) is 12.5 Å². The summed E-state index contributed by atoms with van der Waals surface area (Å²) in [7, 11) is 0. The topological polar surface area (TPSA) is 75.6 Å². The Bertz CT molecular complexity index is 231. The normalized spacial score (nSPS) is 12.1. The maximum absolute atomic E-state index is 11.3. The van der Waals surface area contributed by atoms with Crippen LogP contribution in [0.4, 0.5) is 0 Å². The van der Waals surface area contributed by atoms with Gasteiger partial charge in [-0.3, -0.25) is 4.79 Å². The molecule has 0 unspecified atom stereocenters. The van der Waals surface area contributed by atoms with Crippen molar-refractivity contribution in [3.63, 3.8) is 0 Å². The lowest BCUT2D eigenvalue weighted by atomic mass is 9.99. The predicted molar refractivity (Wildman–Crippen MR) is 64.8 cm³/mol. The van der Waals surface area contributed by atoms with Crippen LogP contribution in [0, 0.1) is 5.92 Å². The Morgan fingerprint density at radius 3 is 2.53 bits per heavy atom. The Morgan fingerprint density at radius 2 is 2.00 bits per heavy atom. The number of rotatable bonds is 10. The van der Waals surface area contributed by atoms with Crippen molar-refractivity contribution in [2.45, 2.75) is 39.5 Å². The summed E-state index contributed by atoms with van der Waals surface area (Å²) in [6, 6.07) is 0. The molecule has 0 aromatic heterocycles. The monoisotopic (exact) mass is 245 g/mol. The van der Waals surface area contributed by atoms with Crippen molar-refractivity contribution in [1.82, 2.24) is 5.32 Å². The van der Waals surface area contributed by atoms with Gasteiger partial charge in [0.15, 0.2) is 0 Å². The Balaban J connectivity index is 3.62. The number of unbranched alkanes of at least 4 members (excludes halogenated alkanes) is 1. The Kier molecular flexibility index (Phi) is 9.43. The van der Waals surface area contributed by atoms with Crippen LogP contribution in [0.15, 0.2) is 0 Å². The number of carbonyl (C=O) groups is 2. The molecule has 0 heterocycles. The molecule has 1 amide bonds. The van der Waals surface area contributed by atoms with E-state index >= 15 is 0 Å². The Hall–Kier alpha value is -1.10. The number of amides is 1. The zero-order chi connectivity index (χ0) is 13.1. The fourth-order valence-corrected chi connectivity index (χ4v) is 1.48. The maximum atomic E-state index is 11.3. The van der Waals surface area contributed by atoms with Gasteiger partial charge in [-0.15, -0.1) is 0 Å². The molecule has 0 aliphatic rings. The molecule has 0 saturated carbocycles. The molecule has 1 atom stereocenters. The van der Waals surface area contributed by atoms with Crippen LogP contribution in [-0.4, -0.2) is 36.7 Å². The van der Waals surface area contributed by atoms with E-state index in [1.807, 2.05) is 0 Å². The molecule has 0 aliphatic heterocycles. The zero-order valence-corrected chi connectivity index (χ0v) is 10.7. The average molecular weight is 245 g/mol. The molecule has 0 fully saturated rings. The molecule has 5 nitrogen and oxygen atoms in total. The number of ether oxygens (including phenoxy) is 1. The van der Waals surface area contributed by atoms with Gasteiger partial charge in [0, 0.05) is 6.54 Å². The molecule has 0 bridgehead atoms. The third kappa shape index (κ3) is 9.81. The first-order valence-corrected chi connectivity index (χ1v) is 6.16. The van der Waals surface area contributed by atoms with E-state index in [4.69, 9.17) is 9.84 Å². The number of carboxylic acids is 1. The molecular weight excluding hydrogens is 222 g/mol. The van der Waals surface area contributed by atoms with Crippen LogP contribution in [0.3, 0.4) is 0 Å². The van der Waals surface area contributed by atoms with Gasteiger partial charge in [-0.25, -0.2) is 4.79 Å². The van der Waals surface area contributed by atoms with Gasteiger partial charge in [-0.2, -0.15) is 0 Å². The molecule has 0 saturated heterocycles. The van der Waals surface area contributed by atoms with Crippen LogP contribution >= 0.6 is 0 Å². The average Bonchev–Trinajstić information content (AvgIpc) is 2.29. The zero-order valence-electron chi connectivity index (χ0n) is 10.7. The summed E-state index contributed by atoms with van der Waals surface area (Å²) in [5.74, 6) is -0.813. The van der Waals surface area contributed by atoms with Crippen molar-refractivity contribution >= 4 is 11.9 Å². The van der Waals surface area contributed by atoms with Crippen LogP contribution in [0.2, 0.25) is 0 Å². The van der Waals surface area contributed by atoms with Crippen molar-refractivity contribution in [3.05, 3.63) is 0 Å². The van der Waals surface area contributed by atoms with Crippen molar-refractivity contribution in [2.24, 2.45) is 5.92 Å². The van der Waals surface area contributed by atoms with Crippen LogP contribution in [0.1, 0.15) is 39.5 Å². The molecule has 0 aliphatic carbocycles. The molecule has 2 N–H and O–H groups in total. The van der Waals surface area contributed by atoms with Crippen LogP contribution in [0.5, 0.6) is 0 Å². The number of hydrogen-bond acceptors (Lipinski definition) is 3. The standard InChI is InChI=1S/C12H23NO4/c1-3-5-6-10(4-2)7-13-11(14)8-17-9-12(15)16/h10H,3-9H2,1-2H3,(H,13,14)(H,15,16)/t10-/m1/s1. The molecule has 0 aromatic rings. The molecular formula is C12H23NO4. The van der Waals surface area contributed by atoms with Crippen molar-refractivity contribution in [3.8, 4) is 0 Å². The molecule has 0 radical (unpaired) electrons. The lowest BCUT2D eigenvalue weighted by Crippen LogP contribution is -2.32. The molecule has 0 rings (SSSR count). The largest absolute Gasteiger partial charge is 0.480 e. The van der Waals surface area contributed by atoms with Crippen molar-refractivity contribution < 1.29 is 19.4 Å². The number of nitrogens with one attached hydrogen (secondary N) is 1. The second-order valence-electron chi connectivity index (χ2n) is 4.11. The molecule has 0 aromatic carbocycles. The third-order valence-corrected chi connectivity index (χ3v) is 2.59. The van der Waals surface area contributed by atoms with Gasteiger partial charge in [0.25, 0.3) is 0 Å². The summed E-state index contributed by atoms with van der Waals surface area (Å²) in [4.78, 5) is 21.4. The van der Waals surface area contributed by atoms with E-state index in [9.17, 15) is 9.59 Å². The van der Waals surface area contributed by atoms with Gasteiger partial charge in [-0.1, -0.05) is 33.1 Å². The summed E-state index contributed by atoms with van der Waals surface area (Å²) < 4.78 is 4.69. The van der Waals surface area contributed by atoms with Crippen LogP contribution in [0.25, 0.3) is 0 Å². The number of aliphatic carboxylic acids is 1. The molecule has 5 heteroatoms. The molecule has 100 valence electrons. The minimum Gasteiger partial charge on any atom is -0.480 e. The minimum absolute atomic E-state index is 0.184. The van der Waals surface area contributed by atoms with Gasteiger partial charge in [0.05, 0.1) is 0 Å². The summed E-state index contributed by atoms with van der Waals surface area (Å²) >= 11 is 0. The fraction of sp³-hybridized carbons (Fsp3) is 0.833. The van der Waals surface area contributed by atoms with Crippen molar-refractivity contribution in [1.29, 1.82) is 0 Å². The second kappa shape index (κ2) is 10.1. The number of carbonyl (C=O) groups excluding carboxylic acids is 1. The quantitative estimate of drug-likeness (QED) is 0.610. The maximum Gasteiger partial charge on any atom is 0.329 e. The second-order valence-corrected chi connectivity index (χ2v) is 4.11. The summed E-state index contributed by atoms with van der Waals surface area (Å²) in [6.07, 6.45) is 4.48. The summed E-state index contributed by atoms with van der Waals surface area (Å²) in [6.45, 7) is 4.28. The van der Waals surface area contributed by atoms with E-state index in [0.717, 1.165) is 19.3 Å². The highest BCUT2D eigenvalue weighted by atomic mass is 16.5. The third-order valence-electron chi connectivity index (χ3n) is 2.59. The van der Waals surface area contributed by atoms with E-state index < -0.39 is 12.6 Å². The Labute approximate surface area is 103 Å². The van der Waals surface area contributed by atoms with E-state index in [2.05, 4.69) is 19.2 Å². The summed E-state index contributed by atoms with van der Waals surface area (Å²) in [5.41, 5.74) is 0. The van der Waals surface area contributed by atoms with Gasteiger partial charge >= 0.3 is 5.97 Å². The van der Waals surface area contributed by atoms with Gasteiger partial charge in [0.1, 0.15) is 13.2 Å². The molecule has 17 heavy (non-hydrogen) atoms. The first kappa shape index (κ1) is 15.9. The Morgan fingerprint density at radius 1 is 1.29 bits per heavy atom. The van der Waals surface area contributed by atoms with Crippen LogP contribution < -0.4 is 5.32 Å². The van der Waals surface area contributed by atoms with Gasteiger partial charge in [-0.05, 0) is 12.3 Å². The van der Waals surface area contributed by atoms with E-state index in [1.165, 1.54) is 6.42 Å². The van der Waals surface area contributed by atoms with Gasteiger partial charge in [0.2, 0.25) is 5.91 Å². The predicted octanol–water partition coefficient (Wildman–Crippen LogP) is 1.42. The number of hydrogen-bond donors (Lipinski definition) is 2.